The van der Waals surface area contributed by atoms with E-state index >= 15 is 0 Å². The van der Waals surface area contributed by atoms with E-state index in [1.54, 1.807) is 20.1 Å². The largest absolute Gasteiger partial charge is 0.497 e. The maximum absolute atomic E-state index is 11.0. The zero-order valence-corrected chi connectivity index (χ0v) is 11.9. The van der Waals surface area contributed by atoms with E-state index in [9.17, 15) is 4.79 Å². The molecule has 3 heteroatoms. The van der Waals surface area contributed by atoms with Gasteiger partial charge in [0, 0.05) is 5.57 Å². The number of fused-ring (bicyclic) bond motifs is 1. The van der Waals surface area contributed by atoms with E-state index in [2.05, 4.69) is 13.0 Å². The van der Waals surface area contributed by atoms with Gasteiger partial charge in [-0.2, -0.15) is 0 Å². The molecule has 0 unspecified atom stereocenters. The van der Waals surface area contributed by atoms with Gasteiger partial charge in [0.05, 0.1) is 7.11 Å². The lowest BCUT2D eigenvalue weighted by molar-refractivity contribution is -0.132. The first-order valence-electron chi connectivity index (χ1n) is 6.58. The van der Waals surface area contributed by atoms with Gasteiger partial charge in [0.2, 0.25) is 0 Å². The van der Waals surface area contributed by atoms with Crippen LogP contribution in [0.2, 0.25) is 0 Å². The number of aliphatic carboxylic acids is 1. The van der Waals surface area contributed by atoms with Crippen LogP contribution in [0.1, 0.15) is 25.0 Å². The molecule has 0 saturated carbocycles. The van der Waals surface area contributed by atoms with E-state index < -0.39 is 5.97 Å². The number of carboxylic acids is 1. The van der Waals surface area contributed by atoms with E-state index in [0.717, 1.165) is 28.5 Å². The zero-order valence-electron chi connectivity index (χ0n) is 11.9. The molecule has 0 aromatic heterocycles. The van der Waals surface area contributed by atoms with Gasteiger partial charge in [-0.25, -0.2) is 4.79 Å². The minimum Gasteiger partial charge on any atom is -0.497 e. The minimum absolute atomic E-state index is 0.307. The average Bonchev–Trinajstić information content (AvgIpc) is 2.46. The highest BCUT2D eigenvalue weighted by molar-refractivity contribution is 5.98. The Morgan fingerprint density at radius 2 is 2.05 bits per heavy atom. The van der Waals surface area contributed by atoms with E-state index in [-0.39, 0.29) is 0 Å². The summed E-state index contributed by atoms with van der Waals surface area (Å²) in [5.41, 5.74) is 2.40. The van der Waals surface area contributed by atoms with Crippen LogP contribution in [0.15, 0.2) is 35.9 Å². The number of hydrogen-bond donors (Lipinski definition) is 1. The molecule has 0 saturated heterocycles. The third-order valence-corrected chi connectivity index (χ3v) is 3.42. The lowest BCUT2D eigenvalue weighted by atomic mass is 9.97. The number of hydrogen-bond acceptors (Lipinski definition) is 2. The van der Waals surface area contributed by atoms with Gasteiger partial charge in [0.1, 0.15) is 5.75 Å². The Hall–Kier alpha value is -2.29. The van der Waals surface area contributed by atoms with Crippen molar-refractivity contribution in [3.05, 3.63) is 47.0 Å². The van der Waals surface area contributed by atoms with Crippen LogP contribution in [-0.2, 0) is 11.2 Å². The molecule has 0 fully saturated rings. The molecule has 0 amide bonds. The quantitative estimate of drug-likeness (QED) is 0.857. The second-order valence-corrected chi connectivity index (χ2v) is 4.71. The molecule has 2 aromatic carbocycles. The fourth-order valence-corrected chi connectivity index (χ4v) is 2.29. The fourth-order valence-electron chi connectivity index (χ4n) is 2.29. The number of carboxylic acid groups (broad SMARTS) is 1. The van der Waals surface area contributed by atoms with Crippen LogP contribution in [-0.4, -0.2) is 18.2 Å². The molecule has 0 aliphatic carbocycles. The Morgan fingerprint density at radius 3 is 2.65 bits per heavy atom. The molecule has 0 radical (unpaired) electrons. The maximum atomic E-state index is 11.0. The highest BCUT2D eigenvalue weighted by atomic mass is 16.5. The van der Waals surface area contributed by atoms with Gasteiger partial charge in [0.25, 0.3) is 0 Å². The summed E-state index contributed by atoms with van der Waals surface area (Å²) >= 11 is 0. The summed E-state index contributed by atoms with van der Waals surface area (Å²) in [5.74, 6) is -0.171. The monoisotopic (exact) mass is 270 g/mol. The molecule has 3 nitrogen and oxygen atoms in total. The van der Waals surface area contributed by atoms with Gasteiger partial charge in [-0.3, -0.25) is 0 Å². The summed E-state index contributed by atoms with van der Waals surface area (Å²) in [6.07, 6.45) is 2.61. The molecule has 104 valence electrons. The van der Waals surface area contributed by atoms with Crippen LogP contribution in [0.4, 0.5) is 0 Å². The van der Waals surface area contributed by atoms with Gasteiger partial charge in [-0.05, 0) is 53.5 Å². The van der Waals surface area contributed by atoms with Crippen molar-refractivity contribution in [3.63, 3.8) is 0 Å². The molecule has 0 heterocycles. The summed E-state index contributed by atoms with van der Waals surface area (Å²) in [6, 6.07) is 9.96. The Kier molecular flexibility index (Phi) is 4.08. The SMILES string of the molecule is CCc1cccc2c(/C=C(/C)C(=O)O)cc(OC)cc12. The van der Waals surface area contributed by atoms with Crippen LogP contribution < -0.4 is 4.74 Å². The van der Waals surface area contributed by atoms with Gasteiger partial charge in [0.15, 0.2) is 0 Å². The lowest BCUT2D eigenvalue weighted by Crippen LogP contribution is -1.96. The average molecular weight is 270 g/mol. The van der Waals surface area contributed by atoms with Crippen molar-refractivity contribution >= 4 is 22.8 Å². The molecule has 2 aromatic rings. The van der Waals surface area contributed by atoms with E-state index in [1.807, 2.05) is 24.3 Å². The first-order valence-corrected chi connectivity index (χ1v) is 6.58. The van der Waals surface area contributed by atoms with Crippen molar-refractivity contribution in [2.24, 2.45) is 0 Å². The number of rotatable bonds is 4. The fraction of sp³-hybridized carbons (Fsp3) is 0.235. The molecule has 2 rings (SSSR count). The van der Waals surface area contributed by atoms with Crippen molar-refractivity contribution in [1.29, 1.82) is 0 Å². The Bertz CT molecular complexity index is 684. The molecule has 0 bridgehead atoms. The Labute approximate surface area is 118 Å². The molecular formula is C17H18O3. The van der Waals surface area contributed by atoms with Gasteiger partial charge < -0.3 is 9.84 Å². The maximum Gasteiger partial charge on any atom is 0.331 e. The van der Waals surface area contributed by atoms with Crippen LogP contribution in [0.5, 0.6) is 5.75 Å². The molecule has 0 atom stereocenters. The minimum atomic E-state index is -0.910. The van der Waals surface area contributed by atoms with Crippen molar-refractivity contribution in [1.82, 2.24) is 0 Å². The first-order chi connectivity index (χ1) is 9.56. The number of carbonyl (C=O) groups is 1. The molecule has 1 N–H and O–H groups in total. The van der Waals surface area contributed by atoms with Crippen molar-refractivity contribution in [2.75, 3.05) is 7.11 Å². The molecule has 0 aliphatic rings. The van der Waals surface area contributed by atoms with Crippen molar-refractivity contribution < 1.29 is 14.6 Å². The third-order valence-electron chi connectivity index (χ3n) is 3.42. The summed E-state index contributed by atoms with van der Waals surface area (Å²) in [4.78, 5) is 11.0. The molecule has 20 heavy (non-hydrogen) atoms. The van der Waals surface area contributed by atoms with Gasteiger partial charge >= 0.3 is 5.97 Å². The van der Waals surface area contributed by atoms with E-state index in [1.165, 1.54) is 5.56 Å². The number of ether oxygens (including phenoxy) is 1. The first kappa shape index (κ1) is 14.1. The summed E-state index contributed by atoms with van der Waals surface area (Å²) in [7, 11) is 1.62. The van der Waals surface area contributed by atoms with E-state index in [4.69, 9.17) is 9.84 Å². The number of methoxy groups -OCH3 is 1. The Balaban J connectivity index is 2.76. The topological polar surface area (TPSA) is 46.5 Å². The highest BCUT2D eigenvalue weighted by Crippen LogP contribution is 2.29. The number of benzene rings is 2. The van der Waals surface area contributed by atoms with Gasteiger partial charge in [-0.1, -0.05) is 25.1 Å². The van der Waals surface area contributed by atoms with E-state index in [0.29, 0.717) is 5.57 Å². The molecule has 0 spiro atoms. The smallest absolute Gasteiger partial charge is 0.331 e. The van der Waals surface area contributed by atoms with Crippen LogP contribution in [0.25, 0.3) is 16.8 Å². The standard InChI is InChI=1S/C17H18O3/c1-4-12-6-5-7-15-13(8-11(2)17(18)19)9-14(20-3)10-16(12)15/h5-10H,4H2,1-3H3,(H,18,19)/b11-8-. The zero-order chi connectivity index (χ0) is 14.7. The predicted octanol–water partition coefficient (Wildman–Crippen LogP) is 3.90. The predicted molar refractivity (Wildman–Crippen MR) is 81.2 cm³/mol. The summed E-state index contributed by atoms with van der Waals surface area (Å²) < 4.78 is 5.33. The lowest BCUT2D eigenvalue weighted by Gasteiger charge is -2.10. The van der Waals surface area contributed by atoms with Crippen LogP contribution in [0, 0.1) is 0 Å². The summed E-state index contributed by atoms with van der Waals surface area (Å²) in [5, 5.41) is 11.2. The normalized spacial score (nSPS) is 11.7. The second kappa shape index (κ2) is 5.78. The second-order valence-electron chi connectivity index (χ2n) is 4.71. The summed E-state index contributed by atoms with van der Waals surface area (Å²) in [6.45, 7) is 3.70. The number of aryl methyl sites for hydroxylation is 1. The van der Waals surface area contributed by atoms with Crippen LogP contribution in [0.3, 0.4) is 0 Å². The molecular weight excluding hydrogens is 252 g/mol. The third kappa shape index (κ3) is 2.67. The van der Waals surface area contributed by atoms with Crippen molar-refractivity contribution in [2.45, 2.75) is 20.3 Å². The molecule has 0 aliphatic heterocycles. The van der Waals surface area contributed by atoms with Gasteiger partial charge in [-0.15, -0.1) is 0 Å². The Morgan fingerprint density at radius 1 is 1.30 bits per heavy atom. The van der Waals surface area contributed by atoms with Crippen molar-refractivity contribution in [3.8, 4) is 5.75 Å². The highest BCUT2D eigenvalue weighted by Gasteiger charge is 2.08. The van der Waals surface area contributed by atoms with Crippen LogP contribution >= 0.6 is 0 Å².